The number of anilines is 1. The summed E-state index contributed by atoms with van der Waals surface area (Å²) in [6, 6.07) is 10.6. The van der Waals surface area contributed by atoms with Gasteiger partial charge < -0.3 is 4.74 Å². The zero-order valence-corrected chi connectivity index (χ0v) is 22.1. The van der Waals surface area contributed by atoms with Gasteiger partial charge in [0.25, 0.3) is 0 Å². The SMILES string of the molecule is Cc1ccc(S(=O)(=O)N2CCCCC2c2ccc(N(C(=O)OC(C)(C)C)C3CCCC3)nc2)cc1. The molecule has 0 spiro atoms. The van der Waals surface area contributed by atoms with Crippen LogP contribution in [-0.2, 0) is 14.8 Å². The van der Waals surface area contributed by atoms with E-state index in [9.17, 15) is 13.2 Å². The van der Waals surface area contributed by atoms with Crippen LogP contribution in [0.1, 0.15) is 82.9 Å². The zero-order chi connectivity index (χ0) is 25.2. The summed E-state index contributed by atoms with van der Waals surface area (Å²) in [5, 5.41) is 0. The maximum absolute atomic E-state index is 13.5. The molecule has 2 aliphatic rings. The molecule has 190 valence electrons. The van der Waals surface area contributed by atoms with Crippen molar-refractivity contribution in [2.75, 3.05) is 11.4 Å². The first-order valence-corrected chi connectivity index (χ1v) is 14.1. The maximum Gasteiger partial charge on any atom is 0.416 e. The van der Waals surface area contributed by atoms with Crippen molar-refractivity contribution in [3.8, 4) is 0 Å². The van der Waals surface area contributed by atoms with E-state index in [4.69, 9.17) is 4.74 Å². The van der Waals surface area contributed by atoms with Crippen LogP contribution in [-0.4, -0.2) is 42.0 Å². The number of rotatable bonds is 5. The predicted octanol–water partition coefficient (Wildman–Crippen LogP) is 5.99. The topological polar surface area (TPSA) is 79.8 Å². The Morgan fingerprint density at radius 2 is 1.66 bits per heavy atom. The predicted molar refractivity (Wildman–Crippen MR) is 137 cm³/mol. The number of piperidine rings is 1. The Labute approximate surface area is 209 Å². The zero-order valence-electron chi connectivity index (χ0n) is 21.2. The highest BCUT2D eigenvalue weighted by atomic mass is 32.2. The number of hydrogen-bond donors (Lipinski definition) is 0. The lowest BCUT2D eigenvalue weighted by molar-refractivity contribution is 0.0564. The minimum absolute atomic E-state index is 0.0660. The highest BCUT2D eigenvalue weighted by Gasteiger charge is 2.36. The molecule has 1 aromatic carbocycles. The molecular weight excluding hydrogens is 462 g/mol. The fraction of sp³-hybridized carbons (Fsp3) is 0.556. The van der Waals surface area contributed by atoms with Crippen LogP contribution < -0.4 is 4.90 Å². The molecular formula is C27H37N3O4S. The number of hydrogen-bond acceptors (Lipinski definition) is 5. The Morgan fingerprint density at radius 3 is 2.26 bits per heavy atom. The smallest absolute Gasteiger partial charge is 0.416 e. The van der Waals surface area contributed by atoms with Crippen molar-refractivity contribution in [2.45, 2.75) is 95.2 Å². The molecule has 1 aliphatic heterocycles. The molecule has 1 saturated carbocycles. The molecule has 1 amide bonds. The number of carbonyl (C=O) groups is 1. The van der Waals surface area contributed by atoms with Crippen LogP contribution in [0.3, 0.4) is 0 Å². The Hall–Kier alpha value is -2.45. The van der Waals surface area contributed by atoms with E-state index in [0.717, 1.165) is 56.1 Å². The summed E-state index contributed by atoms with van der Waals surface area (Å²) in [5.41, 5.74) is 1.27. The number of aryl methyl sites for hydroxylation is 1. The van der Waals surface area contributed by atoms with Gasteiger partial charge in [0.2, 0.25) is 10.0 Å². The van der Waals surface area contributed by atoms with Gasteiger partial charge in [-0.2, -0.15) is 4.31 Å². The van der Waals surface area contributed by atoms with E-state index in [1.165, 1.54) is 0 Å². The average Bonchev–Trinajstić information content (AvgIpc) is 3.33. The van der Waals surface area contributed by atoms with Gasteiger partial charge in [0, 0.05) is 18.8 Å². The molecule has 1 saturated heterocycles. The number of sulfonamides is 1. The van der Waals surface area contributed by atoms with E-state index in [1.807, 2.05) is 52.0 Å². The molecule has 2 fully saturated rings. The molecule has 0 bridgehead atoms. The van der Waals surface area contributed by atoms with Crippen molar-refractivity contribution < 1.29 is 17.9 Å². The van der Waals surface area contributed by atoms with Crippen LogP contribution in [0.5, 0.6) is 0 Å². The third-order valence-corrected chi connectivity index (χ3v) is 8.69. The van der Waals surface area contributed by atoms with Crippen molar-refractivity contribution >= 4 is 21.9 Å². The maximum atomic E-state index is 13.5. The first-order valence-electron chi connectivity index (χ1n) is 12.6. The van der Waals surface area contributed by atoms with Crippen molar-refractivity contribution in [3.05, 3.63) is 53.7 Å². The molecule has 1 unspecified atom stereocenters. The summed E-state index contributed by atoms with van der Waals surface area (Å²) in [7, 11) is -3.63. The minimum Gasteiger partial charge on any atom is -0.443 e. The highest BCUT2D eigenvalue weighted by Crippen LogP contribution is 2.36. The Morgan fingerprint density at radius 1 is 1.00 bits per heavy atom. The second-order valence-corrected chi connectivity index (χ2v) is 12.6. The van der Waals surface area contributed by atoms with E-state index < -0.39 is 15.6 Å². The normalized spacial score (nSPS) is 20.1. The minimum atomic E-state index is -3.63. The third-order valence-electron chi connectivity index (χ3n) is 6.76. The number of nitrogens with zero attached hydrogens (tertiary/aromatic N) is 3. The van der Waals surface area contributed by atoms with Gasteiger partial charge in [-0.05, 0) is 77.1 Å². The van der Waals surface area contributed by atoms with Crippen molar-refractivity contribution in [1.82, 2.24) is 9.29 Å². The molecule has 1 aromatic heterocycles. The second-order valence-electron chi connectivity index (χ2n) is 10.7. The van der Waals surface area contributed by atoms with Gasteiger partial charge in [-0.3, -0.25) is 4.90 Å². The summed E-state index contributed by atoms with van der Waals surface area (Å²) in [6.45, 7) is 8.01. The molecule has 1 aliphatic carbocycles. The average molecular weight is 500 g/mol. The lowest BCUT2D eigenvalue weighted by Gasteiger charge is -2.35. The Kier molecular flexibility index (Phi) is 7.52. The van der Waals surface area contributed by atoms with Crippen LogP contribution in [0.25, 0.3) is 0 Å². The van der Waals surface area contributed by atoms with Crippen molar-refractivity contribution in [1.29, 1.82) is 0 Å². The highest BCUT2D eigenvalue weighted by molar-refractivity contribution is 7.89. The van der Waals surface area contributed by atoms with Gasteiger partial charge in [0.1, 0.15) is 11.4 Å². The molecule has 35 heavy (non-hydrogen) atoms. The van der Waals surface area contributed by atoms with Gasteiger partial charge in [-0.1, -0.05) is 43.0 Å². The first kappa shape index (κ1) is 25.6. The van der Waals surface area contributed by atoms with Gasteiger partial charge in [-0.25, -0.2) is 18.2 Å². The van der Waals surface area contributed by atoms with E-state index in [1.54, 1.807) is 27.5 Å². The number of ether oxygens (including phenoxy) is 1. The molecule has 2 aromatic rings. The van der Waals surface area contributed by atoms with Crippen LogP contribution in [0.15, 0.2) is 47.5 Å². The summed E-state index contributed by atoms with van der Waals surface area (Å²) in [4.78, 5) is 19.7. The standard InChI is InChI=1S/C27H37N3O4S/c1-20-12-15-23(16-13-20)35(32,33)29-18-8-7-11-24(29)21-14-17-25(28-19-21)30(22-9-5-6-10-22)26(31)34-27(2,3)4/h12-17,19,22,24H,5-11,18H2,1-4H3. The number of benzene rings is 1. The van der Waals surface area contributed by atoms with E-state index in [0.29, 0.717) is 17.3 Å². The number of aromatic nitrogens is 1. The molecule has 8 heteroatoms. The summed E-state index contributed by atoms with van der Waals surface area (Å²) in [5.74, 6) is 0.554. The van der Waals surface area contributed by atoms with Crippen LogP contribution in [0.2, 0.25) is 0 Å². The van der Waals surface area contributed by atoms with Gasteiger partial charge in [0.15, 0.2) is 0 Å². The monoisotopic (exact) mass is 499 g/mol. The Balaban J connectivity index is 1.61. The fourth-order valence-electron chi connectivity index (χ4n) is 5.01. The van der Waals surface area contributed by atoms with Crippen molar-refractivity contribution in [2.24, 2.45) is 0 Å². The van der Waals surface area contributed by atoms with Crippen LogP contribution >= 0.6 is 0 Å². The van der Waals surface area contributed by atoms with Gasteiger partial charge in [0.05, 0.1) is 10.9 Å². The first-order chi connectivity index (χ1) is 16.6. The van der Waals surface area contributed by atoms with Crippen molar-refractivity contribution in [3.63, 3.8) is 0 Å². The lowest BCUT2D eigenvalue weighted by Crippen LogP contribution is -2.43. The molecule has 7 nitrogen and oxygen atoms in total. The number of carbonyl (C=O) groups excluding carboxylic acids is 1. The molecule has 2 heterocycles. The largest absolute Gasteiger partial charge is 0.443 e. The van der Waals surface area contributed by atoms with E-state index in [-0.39, 0.29) is 18.2 Å². The quantitative estimate of drug-likeness (QED) is 0.505. The van der Waals surface area contributed by atoms with Crippen LogP contribution in [0.4, 0.5) is 10.6 Å². The number of amides is 1. The Bertz CT molecular complexity index is 1120. The molecule has 0 N–H and O–H groups in total. The summed E-state index contributed by atoms with van der Waals surface area (Å²) < 4.78 is 34.3. The summed E-state index contributed by atoms with van der Waals surface area (Å²) in [6.07, 6.45) is 7.89. The van der Waals surface area contributed by atoms with Gasteiger partial charge in [-0.15, -0.1) is 0 Å². The fourth-order valence-corrected chi connectivity index (χ4v) is 6.69. The molecule has 0 radical (unpaired) electrons. The van der Waals surface area contributed by atoms with E-state index in [2.05, 4.69) is 4.98 Å². The molecule has 4 rings (SSSR count). The lowest BCUT2D eigenvalue weighted by atomic mass is 9.99. The van der Waals surface area contributed by atoms with E-state index >= 15 is 0 Å². The third kappa shape index (κ3) is 5.86. The van der Waals surface area contributed by atoms with Crippen LogP contribution in [0, 0.1) is 6.92 Å². The summed E-state index contributed by atoms with van der Waals surface area (Å²) >= 11 is 0. The molecule has 1 atom stereocenters. The van der Waals surface area contributed by atoms with Gasteiger partial charge >= 0.3 is 6.09 Å². The second kappa shape index (κ2) is 10.3. The number of pyridine rings is 1.